The van der Waals surface area contributed by atoms with Crippen molar-refractivity contribution >= 4 is 17.5 Å². The molecule has 0 spiro atoms. The lowest BCUT2D eigenvalue weighted by molar-refractivity contribution is -0.138. The number of hydrogen-bond acceptors (Lipinski definition) is 3. The molecule has 1 aromatic carbocycles. The van der Waals surface area contributed by atoms with Gasteiger partial charge in [-0.15, -0.1) is 6.58 Å². The summed E-state index contributed by atoms with van der Waals surface area (Å²) in [6.45, 7) is 6.91. The van der Waals surface area contributed by atoms with Gasteiger partial charge in [-0.3, -0.25) is 9.59 Å². The van der Waals surface area contributed by atoms with E-state index in [-0.39, 0.29) is 5.91 Å². The van der Waals surface area contributed by atoms with Crippen molar-refractivity contribution < 1.29 is 9.59 Å². The van der Waals surface area contributed by atoms with Gasteiger partial charge in [0, 0.05) is 12.2 Å². The van der Waals surface area contributed by atoms with E-state index >= 15 is 0 Å². The number of nitrogens with zero attached hydrogens (tertiary/aromatic N) is 1. The van der Waals surface area contributed by atoms with Gasteiger partial charge in [0.05, 0.1) is 11.6 Å². The molecular formula is C15H17N3O2. The first kappa shape index (κ1) is 15.4. The van der Waals surface area contributed by atoms with Crippen molar-refractivity contribution in [2.75, 3.05) is 11.9 Å². The lowest BCUT2D eigenvalue weighted by atomic mass is 9.91. The summed E-state index contributed by atoms with van der Waals surface area (Å²) in [7, 11) is 0. The summed E-state index contributed by atoms with van der Waals surface area (Å²) >= 11 is 0. The van der Waals surface area contributed by atoms with Crippen LogP contribution in [-0.4, -0.2) is 18.4 Å². The highest BCUT2D eigenvalue weighted by Gasteiger charge is 2.35. The Morgan fingerprint density at radius 3 is 2.40 bits per heavy atom. The fourth-order valence-electron chi connectivity index (χ4n) is 1.40. The summed E-state index contributed by atoms with van der Waals surface area (Å²) in [4.78, 5) is 24.0. The van der Waals surface area contributed by atoms with Crippen LogP contribution in [-0.2, 0) is 9.59 Å². The molecule has 0 saturated heterocycles. The highest BCUT2D eigenvalue weighted by Crippen LogP contribution is 2.19. The monoisotopic (exact) mass is 271 g/mol. The molecule has 0 aromatic heterocycles. The molecule has 0 aliphatic rings. The molecule has 0 saturated carbocycles. The Labute approximate surface area is 118 Å². The van der Waals surface area contributed by atoms with Gasteiger partial charge in [0.15, 0.2) is 0 Å². The molecule has 2 amide bonds. The Morgan fingerprint density at radius 1 is 1.30 bits per heavy atom. The van der Waals surface area contributed by atoms with Crippen molar-refractivity contribution in [2.45, 2.75) is 13.8 Å². The van der Waals surface area contributed by atoms with Crippen molar-refractivity contribution in [3.8, 4) is 6.07 Å². The second-order valence-corrected chi connectivity index (χ2v) is 4.77. The van der Waals surface area contributed by atoms with Crippen LogP contribution in [0.1, 0.15) is 19.4 Å². The van der Waals surface area contributed by atoms with Crippen LogP contribution in [0.4, 0.5) is 5.69 Å². The molecule has 104 valence electrons. The molecule has 0 aliphatic carbocycles. The van der Waals surface area contributed by atoms with Gasteiger partial charge in [-0.2, -0.15) is 5.26 Å². The fraction of sp³-hybridized carbons (Fsp3) is 0.267. The average Bonchev–Trinajstić information content (AvgIpc) is 2.45. The number of carbonyl (C=O) groups excluding carboxylic acids is 2. The summed E-state index contributed by atoms with van der Waals surface area (Å²) in [5.74, 6) is -0.785. The first-order chi connectivity index (χ1) is 9.41. The summed E-state index contributed by atoms with van der Waals surface area (Å²) in [6.07, 6.45) is 1.55. The second kappa shape index (κ2) is 6.53. The third kappa shape index (κ3) is 3.69. The van der Waals surface area contributed by atoms with Gasteiger partial charge in [0.2, 0.25) is 11.8 Å². The Kier molecular flexibility index (Phi) is 5.04. The largest absolute Gasteiger partial charge is 0.352 e. The van der Waals surface area contributed by atoms with Crippen molar-refractivity contribution in [1.29, 1.82) is 5.26 Å². The number of nitriles is 1. The minimum Gasteiger partial charge on any atom is -0.352 e. The quantitative estimate of drug-likeness (QED) is 0.633. The maximum Gasteiger partial charge on any atom is 0.239 e. The minimum atomic E-state index is -1.20. The van der Waals surface area contributed by atoms with Gasteiger partial charge < -0.3 is 10.6 Å². The van der Waals surface area contributed by atoms with E-state index in [9.17, 15) is 9.59 Å². The smallest absolute Gasteiger partial charge is 0.239 e. The number of amides is 2. The van der Waals surface area contributed by atoms with Gasteiger partial charge in [-0.05, 0) is 38.1 Å². The Hall–Kier alpha value is -2.61. The van der Waals surface area contributed by atoms with E-state index in [4.69, 9.17) is 5.26 Å². The zero-order valence-electron chi connectivity index (χ0n) is 11.6. The summed E-state index contributed by atoms with van der Waals surface area (Å²) in [5, 5.41) is 13.9. The van der Waals surface area contributed by atoms with Crippen LogP contribution >= 0.6 is 0 Å². The molecule has 5 nitrogen and oxygen atoms in total. The van der Waals surface area contributed by atoms with E-state index < -0.39 is 11.3 Å². The molecule has 20 heavy (non-hydrogen) atoms. The number of rotatable bonds is 5. The van der Waals surface area contributed by atoms with Crippen LogP contribution in [0.15, 0.2) is 36.9 Å². The van der Waals surface area contributed by atoms with Crippen LogP contribution in [0.25, 0.3) is 0 Å². The van der Waals surface area contributed by atoms with Crippen LogP contribution < -0.4 is 10.6 Å². The maximum atomic E-state index is 12.1. The maximum absolute atomic E-state index is 12.1. The van der Waals surface area contributed by atoms with Gasteiger partial charge in [0.1, 0.15) is 5.41 Å². The molecule has 0 bridgehead atoms. The first-order valence-electron chi connectivity index (χ1n) is 6.12. The molecule has 0 heterocycles. The van der Waals surface area contributed by atoms with Crippen LogP contribution in [0.2, 0.25) is 0 Å². The van der Waals surface area contributed by atoms with Crippen molar-refractivity contribution in [3.63, 3.8) is 0 Å². The van der Waals surface area contributed by atoms with E-state index in [1.54, 1.807) is 44.2 Å². The van der Waals surface area contributed by atoms with E-state index in [1.807, 2.05) is 6.07 Å². The predicted molar refractivity (Wildman–Crippen MR) is 76.8 cm³/mol. The van der Waals surface area contributed by atoms with Gasteiger partial charge >= 0.3 is 0 Å². The second-order valence-electron chi connectivity index (χ2n) is 4.77. The molecule has 0 atom stereocenters. The van der Waals surface area contributed by atoms with E-state index in [0.29, 0.717) is 17.8 Å². The van der Waals surface area contributed by atoms with Crippen molar-refractivity contribution in [3.05, 3.63) is 42.5 Å². The molecule has 0 aliphatic heterocycles. The Balaban J connectivity index is 2.75. The first-order valence-corrected chi connectivity index (χ1v) is 6.12. The van der Waals surface area contributed by atoms with Crippen LogP contribution in [0, 0.1) is 16.7 Å². The Bertz CT molecular complexity index is 553. The fourth-order valence-corrected chi connectivity index (χ4v) is 1.40. The average molecular weight is 271 g/mol. The van der Waals surface area contributed by atoms with E-state index in [0.717, 1.165) is 0 Å². The molecular weight excluding hydrogens is 254 g/mol. The van der Waals surface area contributed by atoms with Crippen LogP contribution in [0.3, 0.4) is 0 Å². The molecule has 1 rings (SSSR count). The summed E-state index contributed by atoms with van der Waals surface area (Å²) < 4.78 is 0. The zero-order chi connectivity index (χ0) is 15.2. The SMILES string of the molecule is C=CCNC(=O)C(C)(C)C(=O)Nc1ccc(C#N)cc1. The van der Waals surface area contributed by atoms with Gasteiger partial charge in [-0.1, -0.05) is 6.08 Å². The van der Waals surface area contributed by atoms with Crippen LogP contribution in [0.5, 0.6) is 0 Å². The zero-order valence-corrected chi connectivity index (χ0v) is 11.6. The molecule has 0 fully saturated rings. The van der Waals surface area contributed by atoms with Crippen molar-refractivity contribution in [2.24, 2.45) is 5.41 Å². The standard InChI is InChI=1S/C15H17N3O2/c1-4-9-17-13(19)15(2,3)14(20)18-12-7-5-11(10-16)6-8-12/h4-8H,1,9H2,2-3H3,(H,17,19)(H,18,20). The van der Waals surface area contributed by atoms with Crippen molar-refractivity contribution in [1.82, 2.24) is 5.32 Å². The molecule has 0 unspecified atom stereocenters. The minimum absolute atomic E-state index is 0.312. The molecule has 2 N–H and O–H groups in total. The van der Waals surface area contributed by atoms with E-state index in [1.165, 1.54) is 0 Å². The third-order valence-electron chi connectivity index (χ3n) is 2.81. The predicted octanol–water partition coefficient (Wildman–Crippen LogP) is 1.83. The Morgan fingerprint density at radius 2 is 1.90 bits per heavy atom. The number of benzene rings is 1. The number of hydrogen-bond donors (Lipinski definition) is 2. The normalized spacial score (nSPS) is 10.2. The van der Waals surface area contributed by atoms with Gasteiger partial charge in [0.25, 0.3) is 0 Å². The number of carbonyl (C=O) groups is 2. The molecule has 1 aromatic rings. The summed E-state index contributed by atoms with van der Waals surface area (Å²) in [5.41, 5.74) is -0.152. The highest BCUT2D eigenvalue weighted by atomic mass is 16.2. The third-order valence-corrected chi connectivity index (χ3v) is 2.81. The lowest BCUT2D eigenvalue weighted by Gasteiger charge is -2.22. The number of anilines is 1. The molecule has 0 radical (unpaired) electrons. The summed E-state index contributed by atoms with van der Waals surface area (Å²) in [6, 6.07) is 8.43. The highest BCUT2D eigenvalue weighted by molar-refractivity contribution is 6.09. The van der Waals surface area contributed by atoms with E-state index in [2.05, 4.69) is 17.2 Å². The van der Waals surface area contributed by atoms with Gasteiger partial charge in [-0.25, -0.2) is 0 Å². The topological polar surface area (TPSA) is 82.0 Å². The lowest BCUT2D eigenvalue weighted by Crippen LogP contribution is -2.45. The number of nitrogens with one attached hydrogen (secondary N) is 2. The molecule has 5 heteroatoms.